The summed E-state index contributed by atoms with van der Waals surface area (Å²) in [5.74, 6) is 1.88. The van der Waals surface area contributed by atoms with Crippen LogP contribution in [0.1, 0.15) is 51.5 Å². The summed E-state index contributed by atoms with van der Waals surface area (Å²) in [6.07, 6.45) is 7.21. The van der Waals surface area contributed by atoms with Crippen molar-refractivity contribution in [1.82, 2.24) is 5.32 Å². The molecule has 1 aliphatic rings. The molecular weight excluding hydrogens is 282 g/mol. The second kappa shape index (κ2) is 7.83. The van der Waals surface area contributed by atoms with Crippen LogP contribution in [-0.2, 0) is 6.54 Å². The molecule has 2 nitrogen and oxygen atoms in total. The molecule has 2 aromatic rings. The summed E-state index contributed by atoms with van der Waals surface area (Å²) in [6, 6.07) is 12.9. The van der Waals surface area contributed by atoms with Crippen molar-refractivity contribution in [2.24, 2.45) is 5.92 Å². The Labute approximate surface area is 140 Å². The largest absolute Gasteiger partial charge is 0.491 e. The number of rotatable bonds is 6. The van der Waals surface area contributed by atoms with E-state index in [1.54, 1.807) is 0 Å². The summed E-state index contributed by atoms with van der Waals surface area (Å²) in [4.78, 5) is 0. The van der Waals surface area contributed by atoms with E-state index in [4.69, 9.17) is 4.74 Å². The Bertz CT molecular complexity index is 629. The van der Waals surface area contributed by atoms with Gasteiger partial charge >= 0.3 is 0 Å². The van der Waals surface area contributed by atoms with Crippen molar-refractivity contribution >= 4 is 10.8 Å². The van der Waals surface area contributed by atoms with Gasteiger partial charge in [-0.1, -0.05) is 49.6 Å². The smallest absolute Gasteiger partial charge is 0.124 e. The monoisotopic (exact) mass is 311 g/mol. The lowest BCUT2D eigenvalue weighted by molar-refractivity contribution is 0.239. The zero-order valence-corrected chi connectivity index (χ0v) is 14.5. The van der Waals surface area contributed by atoms with E-state index in [9.17, 15) is 0 Å². The van der Waals surface area contributed by atoms with Gasteiger partial charge in [0, 0.05) is 12.1 Å². The van der Waals surface area contributed by atoms with Gasteiger partial charge in [0.2, 0.25) is 0 Å². The molecule has 1 N–H and O–H groups in total. The summed E-state index contributed by atoms with van der Waals surface area (Å²) in [5.41, 5.74) is 1.30. The Morgan fingerprint density at radius 1 is 1.04 bits per heavy atom. The van der Waals surface area contributed by atoms with Crippen LogP contribution >= 0.6 is 0 Å². The maximum absolute atomic E-state index is 6.06. The summed E-state index contributed by atoms with van der Waals surface area (Å²) < 4.78 is 6.06. The van der Waals surface area contributed by atoms with Crippen LogP contribution in [0.4, 0.5) is 0 Å². The van der Waals surface area contributed by atoms with Gasteiger partial charge in [0.1, 0.15) is 5.75 Å². The predicted octanol–water partition coefficient (Wildman–Crippen LogP) is 5.30. The van der Waals surface area contributed by atoms with Gasteiger partial charge in [-0.3, -0.25) is 0 Å². The lowest BCUT2D eigenvalue weighted by Gasteiger charge is -2.23. The molecule has 0 bridgehead atoms. The van der Waals surface area contributed by atoms with Crippen LogP contribution in [0.3, 0.4) is 0 Å². The van der Waals surface area contributed by atoms with Gasteiger partial charge < -0.3 is 10.1 Å². The van der Waals surface area contributed by atoms with Crippen molar-refractivity contribution in [3.05, 3.63) is 42.0 Å². The number of hydrogen-bond acceptors (Lipinski definition) is 2. The third-order valence-corrected chi connectivity index (χ3v) is 4.82. The normalized spacial score (nSPS) is 16.1. The van der Waals surface area contributed by atoms with E-state index in [1.807, 2.05) is 0 Å². The maximum Gasteiger partial charge on any atom is 0.124 e. The molecule has 1 saturated carbocycles. The molecule has 1 fully saturated rings. The molecule has 0 atom stereocenters. The van der Waals surface area contributed by atoms with Crippen LogP contribution in [0.15, 0.2) is 36.4 Å². The van der Waals surface area contributed by atoms with E-state index in [2.05, 4.69) is 55.6 Å². The second-order valence-corrected chi connectivity index (χ2v) is 7.06. The van der Waals surface area contributed by atoms with Gasteiger partial charge in [0.05, 0.1) is 6.10 Å². The van der Waals surface area contributed by atoms with Gasteiger partial charge in [-0.2, -0.15) is 0 Å². The molecule has 0 unspecified atom stereocenters. The minimum atomic E-state index is 0.202. The zero-order valence-electron chi connectivity index (χ0n) is 14.5. The van der Waals surface area contributed by atoms with E-state index >= 15 is 0 Å². The average molecular weight is 311 g/mol. The molecule has 0 spiro atoms. The molecule has 124 valence electrons. The first kappa shape index (κ1) is 16.3. The van der Waals surface area contributed by atoms with Crippen LogP contribution in [0, 0.1) is 5.92 Å². The fourth-order valence-corrected chi connectivity index (χ4v) is 3.66. The Morgan fingerprint density at radius 2 is 1.83 bits per heavy atom. The molecule has 0 amide bonds. The SMILES string of the molecule is CC(C)Oc1ccc2ccccc2c1CNCC1CCCCC1. The van der Waals surface area contributed by atoms with E-state index in [1.165, 1.54) is 48.4 Å². The van der Waals surface area contributed by atoms with Crippen LogP contribution in [-0.4, -0.2) is 12.6 Å². The van der Waals surface area contributed by atoms with Gasteiger partial charge in [-0.05, 0) is 56.0 Å². The molecule has 0 radical (unpaired) electrons. The molecule has 1 aliphatic carbocycles. The quantitative estimate of drug-likeness (QED) is 0.782. The van der Waals surface area contributed by atoms with E-state index in [0.717, 1.165) is 24.8 Å². The highest BCUT2D eigenvalue weighted by atomic mass is 16.5. The highest BCUT2D eigenvalue weighted by Gasteiger charge is 2.14. The lowest BCUT2D eigenvalue weighted by Crippen LogP contribution is -2.24. The summed E-state index contributed by atoms with van der Waals surface area (Å²) in [5, 5.41) is 6.29. The Balaban J connectivity index is 1.75. The fourth-order valence-electron chi connectivity index (χ4n) is 3.66. The molecular formula is C21H29NO. The van der Waals surface area contributed by atoms with Gasteiger partial charge in [-0.15, -0.1) is 0 Å². The first-order chi connectivity index (χ1) is 11.2. The molecule has 0 aliphatic heterocycles. The van der Waals surface area contributed by atoms with Crippen LogP contribution in [0.2, 0.25) is 0 Å². The van der Waals surface area contributed by atoms with Gasteiger partial charge in [0.25, 0.3) is 0 Å². The molecule has 2 heteroatoms. The second-order valence-electron chi connectivity index (χ2n) is 7.06. The average Bonchev–Trinajstić information content (AvgIpc) is 2.57. The first-order valence-electron chi connectivity index (χ1n) is 9.12. The summed E-state index contributed by atoms with van der Waals surface area (Å²) in [6.45, 7) is 6.20. The molecule has 2 aromatic carbocycles. The lowest BCUT2D eigenvalue weighted by atomic mass is 9.89. The predicted molar refractivity (Wildman–Crippen MR) is 98.0 cm³/mol. The van der Waals surface area contributed by atoms with Crippen LogP contribution in [0.5, 0.6) is 5.75 Å². The van der Waals surface area contributed by atoms with Gasteiger partial charge in [-0.25, -0.2) is 0 Å². The third kappa shape index (κ3) is 4.26. The fraction of sp³-hybridized carbons (Fsp3) is 0.524. The Morgan fingerprint density at radius 3 is 2.61 bits per heavy atom. The van der Waals surface area contributed by atoms with Crippen LogP contribution in [0.25, 0.3) is 10.8 Å². The maximum atomic E-state index is 6.06. The van der Waals surface area contributed by atoms with Crippen molar-refractivity contribution < 1.29 is 4.74 Å². The molecule has 0 aromatic heterocycles. The number of nitrogens with one attached hydrogen (secondary N) is 1. The van der Waals surface area contributed by atoms with Crippen LogP contribution < -0.4 is 10.1 Å². The summed E-state index contributed by atoms with van der Waals surface area (Å²) in [7, 11) is 0. The molecule has 0 saturated heterocycles. The number of fused-ring (bicyclic) bond motifs is 1. The Kier molecular flexibility index (Phi) is 5.56. The van der Waals surface area contributed by atoms with E-state index in [0.29, 0.717) is 0 Å². The van der Waals surface area contributed by atoms with Crippen molar-refractivity contribution in [3.8, 4) is 5.75 Å². The van der Waals surface area contributed by atoms with Crippen molar-refractivity contribution in [3.63, 3.8) is 0 Å². The minimum absolute atomic E-state index is 0.202. The number of ether oxygens (including phenoxy) is 1. The van der Waals surface area contributed by atoms with Gasteiger partial charge in [0.15, 0.2) is 0 Å². The third-order valence-electron chi connectivity index (χ3n) is 4.82. The first-order valence-corrected chi connectivity index (χ1v) is 9.12. The topological polar surface area (TPSA) is 21.3 Å². The number of hydrogen-bond donors (Lipinski definition) is 1. The van der Waals surface area contributed by atoms with E-state index < -0.39 is 0 Å². The standard InChI is InChI=1S/C21H29NO/c1-16(2)23-21-13-12-18-10-6-7-11-19(18)20(21)15-22-14-17-8-4-3-5-9-17/h6-7,10-13,16-17,22H,3-5,8-9,14-15H2,1-2H3. The molecule has 23 heavy (non-hydrogen) atoms. The van der Waals surface area contributed by atoms with Crippen molar-refractivity contribution in [2.75, 3.05) is 6.54 Å². The minimum Gasteiger partial charge on any atom is -0.491 e. The highest BCUT2D eigenvalue weighted by Crippen LogP contribution is 2.29. The molecule has 0 heterocycles. The highest BCUT2D eigenvalue weighted by molar-refractivity contribution is 5.87. The molecule has 3 rings (SSSR count). The van der Waals surface area contributed by atoms with E-state index in [-0.39, 0.29) is 6.10 Å². The van der Waals surface area contributed by atoms with Crippen molar-refractivity contribution in [2.45, 2.75) is 58.6 Å². The zero-order chi connectivity index (χ0) is 16.1. The Hall–Kier alpha value is -1.54. The van der Waals surface area contributed by atoms with Crippen molar-refractivity contribution in [1.29, 1.82) is 0 Å². The number of benzene rings is 2. The summed E-state index contributed by atoms with van der Waals surface area (Å²) >= 11 is 0.